The van der Waals surface area contributed by atoms with Crippen molar-refractivity contribution in [2.75, 3.05) is 7.11 Å². The van der Waals surface area contributed by atoms with E-state index in [4.69, 9.17) is 9.84 Å². The zero-order valence-electron chi connectivity index (χ0n) is 13.6. The van der Waals surface area contributed by atoms with Gasteiger partial charge in [-0.05, 0) is 48.6 Å². The molecule has 23 heavy (non-hydrogen) atoms. The number of aromatic nitrogens is 2. The molecule has 122 valence electrons. The number of methoxy groups -OCH3 is 1. The van der Waals surface area contributed by atoms with Gasteiger partial charge in [0.1, 0.15) is 5.75 Å². The van der Waals surface area contributed by atoms with Crippen molar-refractivity contribution in [2.45, 2.75) is 38.0 Å². The molecule has 1 aromatic heterocycles. The van der Waals surface area contributed by atoms with Crippen LogP contribution in [-0.2, 0) is 7.05 Å². The van der Waals surface area contributed by atoms with Crippen molar-refractivity contribution in [1.82, 2.24) is 9.78 Å². The van der Waals surface area contributed by atoms with E-state index in [1.54, 1.807) is 24.9 Å². The van der Waals surface area contributed by atoms with Crippen molar-refractivity contribution in [3.05, 3.63) is 35.5 Å². The fraction of sp³-hybridized carbons (Fsp3) is 0.444. The first-order chi connectivity index (χ1) is 11.1. The summed E-state index contributed by atoms with van der Waals surface area (Å²) in [6.45, 7) is 0. The van der Waals surface area contributed by atoms with Crippen LogP contribution in [0.15, 0.2) is 24.3 Å². The molecule has 2 aromatic rings. The molecule has 0 unspecified atom stereocenters. The molecule has 1 aromatic carbocycles. The first-order valence-electron chi connectivity index (χ1n) is 8.06. The van der Waals surface area contributed by atoms with Crippen LogP contribution in [-0.4, -0.2) is 28.0 Å². The summed E-state index contributed by atoms with van der Waals surface area (Å²) >= 11 is 0. The number of carboxylic acids is 1. The minimum Gasteiger partial charge on any atom is -0.496 e. The molecule has 0 amide bonds. The van der Waals surface area contributed by atoms with Crippen molar-refractivity contribution in [1.29, 1.82) is 0 Å². The predicted octanol–water partition coefficient (Wildman–Crippen LogP) is 3.84. The van der Waals surface area contributed by atoms with Gasteiger partial charge in [-0.25, -0.2) is 4.79 Å². The number of rotatable bonds is 4. The molecule has 1 aliphatic rings. The summed E-state index contributed by atoms with van der Waals surface area (Å²) in [6.07, 6.45) is 6.19. The number of benzene rings is 1. The molecule has 0 saturated heterocycles. The largest absolute Gasteiger partial charge is 0.496 e. The number of nitrogens with zero attached hydrogens (tertiary/aromatic N) is 2. The van der Waals surface area contributed by atoms with Crippen LogP contribution in [0.3, 0.4) is 0 Å². The van der Waals surface area contributed by atoms with Gasteiger partial charge in [-0.1, -0.05) is 19.3 Å². The lowest BCUT2D eigenvalue weighted by atomic mass is 9.83. The molecule has 5 heteroatoms. The lowest BCUT2D eigenvalue weighted by molar-refractivity contribution is 0.0689. The smallest absolute Gasteiger partial charge is 0.356 e. The maximum absolute atomic E-state index is 11.1. The van der Waals surface area contributed by atoms with Crippen LogP contribution in [0, 0.1) is 0 Å². The summed E-state index contributed by atoms with van der Waals surface area (Å²) < 4.78 is 7.17. The highest BCUT2D eigenvalue weighted by Crippen LogP contribution is 2.39. The minimum atomic E-state index is -1.01. The molecule has 1 fully saturated rings. The zero-order valence-corrected chi connectivity index (χ0v) is 13.6. The van der Waals surface area contributed by atoms with Crippen LogP contribution >= 0.6 is 0 Å². The predicted molar refractivity (Wildman–Crippen MR) is 88.0 cm³/mol. The number of ether oxygens (including phenoxy) is 1. The van der Waals surface area contributed by atoms with Crippen molar-refractivity contribution in [3.63, 3.8) is 0 Å². The van der Waals surface area contributed by atoms with Gasteiger partial charge in [-0.15, -0.1) is 0 Å². The molecule has 0 aliphatic heterocycles. The van der Waals surface area contributed by atoms with Crippen LogP contribution in [0.5, 0.6) is 5.75 Å². The number of hydrogen-bond acceptors (Lipinski definition) is 3. The first-order valence-corrected chi connectivity index (χ1v) is 8.06. The van der Waals surface area contributed by atoms with Gasteiger partial charge in [0, 0.05) is 12.6 Å². The van der Waals surface area contributed by atoms with Crippen molar-refractivity contribution in [2.24, 2.45) is 7.05 Å². The van der Waals surface area contributed by atoms with E-state index >= 15 is 0 Å². The molecule has 5 nitrogen and oxygen atoms in total. The maximum atomic E-state index is 11.1. The van der Waals surface area contributed by atoms with E-state index in [1.165, 1.54) is 37.7 Å². The molecule has 1 N–H and O–H groups in total. The molecule has 1 aliphatic carbocycles. The quantitative estimate of drug-likeness (QED) is 0.931. The Morgan fingerprint density at radius 2 is 2.00 bits per heavy atom. The molecule has 0 spiro atoms. The third kappa shape index (κ3) is 3.09. The van der Waals surface area contributed by atoms with Crippen LogP contribution in [0.4, 0.5) is 0 Å². The number of hydrogen-bond donors (Lipinski definition) is 1. The summed E-state index contributed by atoms with van der Waals surface area (Å²) in [5.74, 6) is 0.431. The van der Waals surface area contributed by atoms with E-state index in [0.29, 0.717) is 5.92 Å². The molecule has 0 atom stereocenters. The van der Waals surface area contributed by atoms with Crippen molar-refractivity contribution >= 4 is 5.97 Å². The van der Waals surface area contributed by atoms with Crippen LogP contribution in [0.25, 0.3) is 11.3 Å². The van der Waals surface area contributed by atoms with Crippen molar-refractivity contribution in [3.8, 4) is 17.0 Å². The minimum absolute atomic E-state index is 0.0672. The van der Waals surface area contributed by atoms with Gasteiger partial charge in [0.05, 0.1) is 12.8 Å². The van der Waals surface area contributed by atoms with Gasteiger partial charge in [0.25, 0.3) is 0 Å². The molecular weight excluding hydrogens is 292 g/mol. The van der Waals surface area contributed by atoms with Gasteiger partial charge in [-0.3, -0.25) is 4.68 Å². The summed E-state index contributed by atoms with van der Waals surface area (Å²) in [7, 11) is 3.47. The Hall–Kier alpha value is -2.30. The summed E-state index contributed by atoms with van der Waals surface area (Å²) in [6, 6.07) is 7.70. The normalized spacial score (nSPS) is 15.6. The second-order valence-electron chi connectivity index (χ2n) is 6.14. The van der Waals surface area contributed by atoms with Gasteiger partial charge < -0.3 is 9.84 Å². The monoisotopic (exact) mass is 314 g/mol. The van der Waals surface area contributed by atoms with Gasteiger partial charge in [0.15, 0.2) is 5.69 Å². The molecule has 1 saturated carbocycles. The van der Waals surface area contributed by atoms with E-state index in [1.807, 2.05) is 12.1 Å². The van der Waals surface area contributed by atoms with E-state index < -0.39 is 5.97 Å². The zero-order chi connectivity index (χ0) is 16.4. The number of carboxylic acid groups (broad SMARTS) is 1. The molecule has 0 bridgehead atoms. The van der Waals surface area contributed by atoms with Gasteiger partial charge in [-0.2, -0.15) is 5.10 Å². The van der Waals surface area contributed by atoms with Gasteiger partial charge >= 0.3 is 5.97 Å². The molecule has 3 rings (SSSR count). The lowest BCUT2D eigenvalue weighted by Crippen LogP contribution is -2.06. The average Bonchev–Trinajstić information content (AvgIpc) is 2.97. The highest BCUT2D eigenvalue weighted by Gasteiger charge is 2.21. The Morgan fingerprint density at radius 1 is 1.26 bits per heavy atom. The second-order valence-corrected chi connectivity index (χ2v) is 6.14. The van der Waals surface area contributed by atoms with Gasteiger partial charge in [0.2, 0.25) is 0 Å². The molecule has 1 heterocycles. The summed E-state index contributed by atoms with van der Waals surface area (Å²) in [5.41, 5.74) is 3.08. The van der Waals surface area contributed by atoms with Crippen LogP contribution < -0.4 is 4.74 Å². The van der Waals surface area contributed by atoms with Crippen molar-refractivity contribution < 1.29 is 14.6 Å². The number of aromatic carboxylic acids is 1. The van der Waals surface area contributed by atoms with Crippen LogP contribution in [0.2, 0.25) is 0 Å². The molecule has 0 radical (unpaired) electrons. The van der Waals surface area contributed by atoms with E-state index in [9.17, 15) is 4.79 Å². The Morgan fingerprint density at radius 3 is 2.61 bits per heavy atom. The topological polar surface area (TPSA) is 64.3 Å². The third-order valence-electron chi connectivity index (χ3n) is 4.67. The van der Waals surface area contributed by atoms with Crippen LogP contribution in [0.1, 0.15) is 54.1 Å². The Balaban J connectivity index is 2.02. The average molecular weight is 314 g/mol. The fourth-order valence-corrected chi connectivity index (χ4v) is 3.47. The Bertz CT molecular complexity index is 715. The Kier molecular flexibility index (Phi) is 4.37. The Labute approximate surface area is 135 Å². The number of carbonyl (C=O) groups is 1. The fourth-order valence-electron chi connectivity index (χ4n) is 3.47. The maximum Gasteiger partial charge on any atom is 0.356 e. The standard InChI is InChI=1S/C18H22N2O3/c1-20-16(11-15(19-20)18(21)22)13-8-9-17(23-2)14(10-13)12-6-4-3-5-7-12/h8-12H,3-7H2,1-2H3,(H,21,22). The SMILES string of the molecule is COc1ccc(-c2cc(C(=O)O)nn2C)cc1C1CCCCC1. The lowest BCUT2D eigenvalue weighted by Gasteiger charge is -2.24. The van der Waals surface area contributed by atoms with E-state index in [0.717, 1.165) is 17.0 Å². The summed E-state index contributed by atoms with van der Waals surface area (Å²) in [4.78, 5) is 11.1. The second kappa shape index (κ2) is 6.44. The number of aryl methyl sites for hydroxylation is 1. The molecular formula is C18H22N2O3. The third-order valence-corrected chi connectivity index (χ3v) is 4.67. The summed E-state index contributed by atoms with van der Waals surface area (Å²) in [5, 5.41) is 13.2. The van der Waals surface area contributed by atoms with E-state index in [-0.39, 0.29) is 5.69 Å². The first kappa shape index (κ1) is 15.6. The highest BCUT2D eigenvalue weighted by atomic mass is 16.5. The van der Waals surface area contributed by atoms with E-state index in [2.05, 4.69) is 11.2 Å². The highest BCUT2D eigenvalue weighted by molar-refractivity contribution is 5.87.